The number of rotatable bonds is 11. The molecule has 2 aromatic carbocycles. The predicted octanol–water partition coefficient (Wildman–Crippen LogP) is 3.24. The average molecular weight is 702 g/mol. The molecule has 6 rings (SSSR count). The van der Waals surface area contributed by atoms with Crippen LogP contribution in [0, 0.1) is 5.92 Å². The number of carbonyl (C=O) groups is 4. The fourth-order valence-electron chi connectivity index (χ4n) is 8.44. The summed E-state index contributed by atoms with van der Waals surface area (Å²) in [6.07, 6.45) is 8.59. The first-order valence-corrected chi connectivity index (χ1v) is 18.4. The van der Waals surface area contributed by atoms with Crippen LogP contribution in [0.15, 0.2) is 48.7 Å². The van der Waals surface area contributed by atoms with Crippen LogP contribution in [0.3, 0.4) is 0 Å². The number of nitrogens with one attached hydrogen (secondary N) is 2. The van der Waals surface area contributed by atoms with Crippen molar-refractivity contribution in [2.24, 2.45) is 11.7 Å². The molecule has 3 aliphatic rings. The van der Waals surface area contributed by atoms with E-state index in [4.69, 9.17) is 5.73 Å². The van der Waals surface area contributed by atoms with E-state index < -0.39 is 53.1 Å². The highest BCUT2D eigenvalue weighted by atomic mass is 16.3. The molecule has 0 bridgehead atoms. The number of aliphatic hydroxyl groups excluding tert-OH is 1. The fourth-order valence-corrected chi connectivity index (χ4v) is 8.44. The molecule has 0 spiro atoms. The number of hydrogen-bond acceptors (Lipinski definition) is 8. The smallest absolute Gasteiger partial charge is 0.251 e. The van der Waals surface area contributed by atoms with Gasteiger partial charge in [0, 0.05) is 18.5 Å². The van der Waals surface area contributed by atoms with Crippen LogP contribution in [-0.4, -0.2) is 84.0 Å². The highest BCUT2D eigenvalue weighted by Gasteiger charge is 2.49. The predicted molar refractivity (Wildman–Crippen MR) is 190 cm³/mol. The maximum absolute atomic E-state index is 14.8. The van der Waals surface area contributed by atoms with Gasteiger partial charge in [0.05, 0.1) is 23.5 Å². The molecule has 274 valence electrons. The Morgan fingerprint density at radius 3 is 2.37 bits per heavy atom. The van der Waals surface area contributed by atoms with Gasteiger partial charge in [0.1, 0.15) is 17.7 Å². The molecule has 1 aliphatic heterocycles. The molecule has 2 saturated carbocycles. The minimum Gasteiger partial charge on any atom is -0.384 e. The normalized spacial score (nSPS) is 22.3. The van der Waals surface area contributed by atoms with Crippen molar-refractivity contribution in [1.29, 1.82) is 0 Å². The van der Waals surface area contributed by atoms with Gasteiger partial charge in [-0.1, -0.05) is 86.9 Å². The Kier molecular flexibility index (Phi) is 10.8. The molecule has 3 fully saturated rings. The summed E-state index contributed by atoms with van der Waals surface area (Å²) in [6.45, 7) is 3.30. The van der Waals surface area contributed by atoms with E-state index in [2.05, 4.69) is 20.9 Å². The van der Waals surface area contributed by atoms with Gasteiger partial charge < -0.3 is 31.5 Å². The van der Waals surface area contributed by atoms with Crippen molar-refractivity contribution >= 4 is 34.4 Å². The van der Waals surface area contributed by atoms with Crippen LogP contribution in [0.2, 0.25) is 0 Å². The van der Waals surface area contributed by atoms with Crippen LogP contribution in [0.4, 0.5) is 0 Å². The molecule has 4 atom stereocenters. The lowest BCUT2D eigenvalue weighted by Gasteiger charge is -2.41. The standard InChI is InChI=1S/C38H51N7O6/c1-37(2,51)31-22-40-43-45(31)28-21-30(35(49)42-38(32(46)33(39)47)17-9-4-10-18-38)44(23-28)36(50)29(19-24-11-5-3-6-12-24)41-34(48)27-16-15-25-13-7-8-14-26(25)20-27/h7-8,13-16,20,22,24,28-30,32,46,51H,3-6,9-12,17-19,21,23H2,1-2H3,(H2,39,47)(H,41,48)(H,42,49)/t28-,29+,30-,32?/m0/s1. The van der Waals surface area contributed by atoms with Crippen molar-refractivity contribution in [2.45, 2.75) is 126 Å². The van der Waals surface area contributed by atoms with E-state index in [9.17, 15) is 29.4 Å². The number of aliphatic hydroxyl groups is 2. The Morgan fingerprint density at radius 1 is 1.00 bits per heavy atom. The molecule has 13 heteroatoms. The van der Waals surface area contributed by atoms with Gasteiger partial charge in [-0.15, -0.1) is 5.10 Å². The third-order valence-corrected chi connectivity index (χ3v) is 11.2. The molecule has 2 aliphatic carbocycles. The lowest BCUT2D eigenvalue weighted by atomic mass is 9.77. The molecule has 6 N–H and O–H groups in total. The molecule has 1 unspecified atom stereocenters. The summed E-state index contributed by atoms with van der Waals surface area (Å²) in [5.74, 6) is -1.98. The van der Waals surface area contributed by atoms with Gasteiger partial charge in [0.2, 0.25) is 17.7 Å². The minimum absolute atomic E-state index is 0.0712. The maximum Gasteiger partial charge on any atom is 0.251 e. The molecule has 3 aromatic rings. The van der Waals surface area contributed by atoms with Crippen molar-refractivity contribution < 1.29 is 29.4 Å². The minimum atomic E-state index is -1.60. The number of aromatic nitrogens is 3. The summed E-state index contributed by atoms with van der Waals surface area (Å²) in [4.78, 5) is 56.8. The molecule has 2 heterocycles. The van der Waals surface area contributed by atoms with Crippen LogP contribution in [-0.2, 0) is 20.0 Å². The van der Waals surface area contributed by atoms with Crippen LogP contribution >= 0.6 is 0 Å². The summed E-state index contributed by atoms with van der Waals surface area (Å²) in [5.41, 5.74) is 3.87. The molecule has 0 radical (unpaired) electrons. The number of hydrogen-bond donors (Lipinski definition) is 5. The lowest BCUT2D eigenvalue weighted by molar-refractivity contribution is -0.143. The van der Waals surface area contributed by atoms with Gasteiger partial charge in [-0.3, -0.25) is 19.2 Å². The molecule has 1 saturated heterocycles. The van der Waals surface area contributed by atoms with Gasteiger partial charge in [-0.2, -0.15) is 0 Å². The summed E-state index contributed by atoms with van der Waals surface area (Å²) in [6, 6.07) is 10.7. The molecule has 13 nitrogen and oxygen atoms in total. The molecule has 4 amide bonds. The first kappa shape index (κ1) is 36.4. The van der Waals surface area contributed by atoms with Crippen LogP contribution in [0.25, 0.3) is 10.8 Å². The second-order valence-electron chi connectivity index (χ2n) is 15.4. The van der Waals surface area contributed by atoms with Crippen molar-refractivity contribution in [1.82, 2.24) is 30.5 Å². The van der Waals surface area contributed by atoms with Crippen molar-refractivity contribution in [3.8, 4) is 0 Å². The van der Waals surface area contributed by atoms with Crippen molar-refractivity contribution in [2.75, 3.05) is 6.54 Å². The molecular weight excluding hydrogens is 650 g/mol. The topological polar surface area (TPSA) is 193 Å². The van der Waals surface area contributed by atoms with E-state index in [-0.39, 0.29) is 24.8 Å². The summed E-state index contributed by atoms with van der Waals surface area (Å²) < 4.78 is 1.56. The number of amides is 4. The van der Waals surface area contributed by atoms with Crippen LogP contribution in [0.5, 0.6) is 0 Å². The first-order valence-electron chi connectivity index (χ1n) is 18.4. The summed E-state index contributed by atoms with van der Waals surface area (Å²) in [5, 5.41) is 38.1. The van der Waals surface area contributed by atoms with Gasteiger partial charge in [-0.05, 0) is 61.9 Å². The third-order valence-electron chi connectivity index (χ3n) is 11.2. The maximum atomic E-state index is 14.8. The molecule has 51 heavy (non-hydrogen) atoms. The summed E-state index contributed by atoms with van der Waals surface area (Å²) in [7, 11) is 0. The Balaban J connectivity index is 1.33. The SMILES string of the molecule is CC(C)(O)c1cnnn1[C@H]1C[C@@H](C(=O)NC2(C(O)C(N)=O)CCCCC2)N(C(=O)[C@@H](CC2CCCCC2)NC(=O)c2ccc3ccccc3c2)C1. The third kappa shape index (κ3) is 7.94. The van der Waals surface area contributed by atoms with Gasteiger partial charge in [0.15, 0.2) is 6.10 Å². The Morgan fingerprint density at radius 2 is 1.69 bits per heavy atom. The largest absolute Gasteiger partial charge is 0.384 e. The van der Waals surface area contributed by atoms with Crippen molar-refractivity contribution in [3.05, 3.63) is 59.9 Å². The van der Waals surface area contributed by atoms with Crippen molar-refractivity contribution in [3.63, 3.8) is 0 Å². The van der Waals surface area contributed by atoms with Gasteiger partial charge >= 0.3 is 0 Å². The molecule has 1 aromatic heterocycles. The van der Waals surface area contributed by atoms with Crippen LogP contribution in [0.1, 0.15) is 113 Å². The van der Waals surface area contributed by atoms with E-state index in [0.717, 1.165) is 49.3 Å². The first-order chi connectivity index (χ1) is 24.4. The zero-order valence-corrected chi connectivity index (χ0v) is 29.6. The zero-order valence-electron chi connectivity index (χ0n) is 29.6. The van der Waals surface area contributed by atoms with E-state index in [0.29, 0.717) is 43.4 Å². The van der Waals surface area contributed by atoms with Crippen LogP contribution < -0.4 is 16.4 Å². The van der Waals surface area contributed by atoms with E-state index >= 15 is 0 Å². The fraction of sp³-hybridized carbons (Fsp3) is 0.579. The lowest BCUT2D eigenvalue weighted by Crippen LogP contribution is -2.64. The second-order valence-corrected chi connectivity index (χ2v) is 15.4. The molecular formula is C38H51N7O6. The van der Waals surface area contributed by atoms with E-state index in [1.807, 2.05) is 36.4 Å². The number of primary amides is 1. The second kappa shape index (κ2) is 15.1. The van der Waals surface area contributed by atoms with E-state index in [1.54, 1.807) is 24.6 Å². The number of fused-ring (bicyclic) bond motifs is 1. The van der Waals surface area contributed by atoms with E-state index in [1.165, 1.54) is 11.1 Å². The summed E-state index contributed by atoms with van der Waals surface area (Å²) >= 11 is 0. The Hall–Kier alpha value is -4.36. The quantitative estimate of drug-likeness (QED) is 0.201. The average Bonchev–Trinajstić information content (AvgIpc) is 3.80. The number of carbonyl (C=O) groups excluding carboxylic acids is 4. The Labute approximate surface area is 298 Å². The number of likely N-dealkylation sites (tertiary alicyclic amines) is 1. The number of nitrogens with two attached hydrogens (primary N) is 1. The number of benzene rings is 2. The van der Waals surface area contributed by atoms with Gasteiger partial charge in [-0.25, -0.2) is 4.68 Å². The highest BCUT2D eigenvalue weighted by molar-refractivity contribution is 6.01. The highest BCUT2D eigenvalue weighted by Crippen LogP contribution is 2.36. The monoisotopic (exact) mass is 701 g/mol. The number of nitrogens with zero attached hydrogens (tertiary/aromatic N) is 4. The van der Waals surface area contributed by atoms with Gasteiger partial charge in [0.25, 0.3) is 5.91 Å². The Bertz CT molecular complexity index is 1740. The zero-order chi connectivity index (χ0) is 36.3.